The molecular formula is C13H21FN2O3S. The first-order valence-electron chi connectivity index (χ1n) is 6.49. The average molecular weight is 304 g/mol. The lowest BCUT2D eigenvalue weighted by atomic mass is 10.3. The zero-order valence-electron chi connectivity index (χ0n) is 11.7. The van der Waals surface area contributed by atoms with Crippen LogP contribution in [-0.4, -0.2) is 27.7 Å². The molecule has 0 unspecified atom stereocenters. The van der Waals surface area contributed by atoms with Gasteiger partial charge in [0.15, 0.2) is 0 Å². The van der Waals surface area contributed by atoms with Gasteiger partial charge < -0.3 is 10.5 Å². The minimum atomic E-state index is -3.77. The van der Waals surface area contributed by atoms with Crippen molar-refractivity contribution in [3.05, 3.63) is 24.0 Å². The number of nitrogen functional groups attached to an aromatic ring is 1. The summed E-state index contributed by atoms with van der Waals surface area (Å²) in [5.41, 5.74) is 5.58. The van der Waals surface area contributed by atoms with Crippen LogP contribution in [0.1, 0.15) is 26.7 Å². The number of nitrogens with two attached hydrogens (primary N) is 1. The van der Waals surface area contributed by atoms with E-state index in [0.29, 0.717) is 13.0 Å². The normalized spacial score (nSPS) is 12.0. The molecule has 0 saturated heterocycles. The van der Waals surface area contributed by atoms with E-state index in [1.165, 1.54) is 6.07 Å². The quantitative estimate of drug-likeness (QED) is 0.567. The maximum atomic E-state index is 13.1. The van der Waals surface area contributed by atoms with Crippen LogP contribution in [0.3, 0.4) is 0 Å². The number of sulfonamides is 1. The molecule has 0 aromatic heterocycles. The third-order valence-electron chi connectivity index (χ3n) is 2.58. The van der Waals surface area contributed by atoms with Crippen LogP contribution in [0.15, 0.2) is 23.1 Å². The fourth-order valence-corrected chi connectivity index (χ4v) is 2.79. The lowest BCUT2D eigenvalue weighted by Gasteiger charge is -2.10. The number of hydrogen-bond donors (Lipinski definition) is 2. The van der Waals surface area contributed by atoms with Crippen LogP contribution >= 0.6 is 0 Å². The molecule has 0 radical (unpaired) electrons. The van der Waals surface area contributed by atoms with E-state index < -0.39 is 15.8 Å². The van der Waals surface area contributed by atoms with Crippen molar-refractivity contribution in [3.63, 3.8) is 0 Å². The summed E-state index contributed by atoms with van der Waals surface area (Å²) < 4.78 is 44.7. The Morgan fingerprint density at radius 1 is 1.35 bits per heavy atom. The standard InChI is InChI=1S/C13H21FN2O3S/c1-10(2)19-8-4-3-7-16-20(17,18)13-9-11(14)5-6-12(13)15/h5-6,9-10,16H,3-4,7-8,15H2,1-2H3. The number of unbranched alkanes of at least 4 members (excludes halogenated alkanes) is 1. The fraction of sp³-hybridized carbons (Fsp3) is 0.538. The van der Waals surface area contributed by atoms with E-state index >= 15 is 0 Å². The highest BCUT2D eigenvalue weighted by Gasteiger charge is 2.17. The Kier molecular flexibility index (Phi) is 6.38. The Morgan fingerprint density at radius 3 is 2.70 bits per heavy atom. The Balaban J connectivity index is 2.48. The zero-order chi connectivity index (χ0) is 15.2. The van der Waals surface area contributed by atoms with Gasteiger partial charge in [0.05, 0.1) is 11.8 Å². The van der Waals surface area contributed by atoms with E-state index in [-0.39, 0.29) is 23.2 Å². The predicted molar refractivity (Wildman–Crippen MR) is 76.3 cm³/mol. The summed E-state index contributed by atoms with van der Waals surface area (Å²) in [4.78, 5) is -0.226. The fourth-order valence-electron chi connectivity index (χ4n) is 1.57. The van der Waals surface area contributed by atoms with E-state index in [9.17, 15) is 12.8 Å². The summed E-state index contributed by atoms with van der Waals surface area (Å²) >= 11 is 0. The highest BCUT2D eigenvalue weighted by atomic mass is 32.2. The van der Waals surface area contributed by atoms with Gasteiger partial charge in [0.2, 0.25) is 10.0 Å². The first kappa shape index (κ1) is 16.9. The molecule has 0 heterocycles. The van der Waals surface area contributed by atoms with Crippen molar-refractivity contribution in [3.8, 4) is 0 Å². The molecule has 5 nitrogen and oxygen atoms in total. The number of rotatable bonds is 8. The lowest BCUT2D eigenvalue weighted by molar-refractivity contribution is 0.0762. The van der Waals surface area contributed by atoms with Gasteiger partial charge in [0.25, 0.3) is 0 Å². The molecule has 1 aromatic rings. The van der Waals surface area contributed by atoms with Crippen molar-refractivity contribution in [2.24, 2.45) is 0 Å². The number of halogens is 1. The molecule has 7 heteroatoms. The van der Waals surface area contributed by atoms with Crippen molar-refractivity contribution < 1.29 is 17.5 Å². The topological polar surface area (TPSA) is 81.4 Å². The van der Waals surface area contributed by atoms with Crippen molar-refractivity contribution >= 4 is 15.7 Å². The van der Waals surface area contributed by atoms with Crippen LogP contribution in [0.4, 0.5) is 10.1 Å². The van der Waals surface area contributed by atoms with Crippen LogP contribution in [0.2, 0.25) is 0 Å². The van der Waals surface area contributed by atoms with Crippen LogP contribution in [0.25, 0.3) is 0 Å². The monoisotopic (exact) mass is 304 g/mol. The van der Waals surface area contributed by atoms with Gasteiger partial charge in [0, 0.05) is 13.2 Å². The number of hydrogen-bond acceptors (Lipinski definition) is 4. The first-order chi connectivity index (χ1) is 9.33. The highest BCUT2D eigenvalue weighted by Crippen LogP contribution is 2.18. The van der Waals surface area contributed by atoms with Gasteiger partial charge in [-0.2, -0.15) is 0 Å². The van der Waals surface area contributed by atoms with Gasteiger partial charge in [-0.15, -0.1) is 0 Å². The second-order valence-corrected chi connectivity index (χ2v) is 6.44. The number of anilines is 1. The minimum Gasteiger partial charge on any atom is -0.398 e. The Bertz CT molecular complexity index is 532. The van der Waals surface area contributed by atoms with Gasteiger partial charge in [-0.3, -0.25) is 0 Å². The van der Waals surface area contributed by atoms with Crippen molar-refractivity contribution in [2.45, 2.75) is 37.7 Å². The lowest BCUT2D eigenvalue weighted by Crippen LogP contribution is -2.26. The maximum absolute atomic E-state index is 13.1. The van der Waals surface area contributed by atoms with E-state index in [0.717, 1.165) is 18.6 Å². The largest absolute Gasteiger partial charge is 0.398 e. The van der Waals surface area contributed by atoms with Gasteiger partial charge in [-0.05, 0) is 44.9 Å². The van der Waals surface area contributed by atoms with Gasteiger partial charge in [0.1, 0.15) is 10.7 Å². The first-order valence-corrected chi connectivity index (χ1v) is 7.97. The summed E-state index contributed by atoms with van der Waals surface area (Å²) in [7, 11) is -3.77. The second kappa shape index (κ2) is 7.56. The molecule has 0 aliphatic heterocycles. The summed E-state index contributed by atoms with van der Waals surface area (Å²) in [6.07, 6.45) is 1.55. The van der Waals surface area contributed by atoms with Gasteiger partial charge >= 0.3 is 0 Å². The molecule has 1 rings (SSSR count). The molecule has 0 aliphatic rings. The number of benzene rings is 1. The smallest absolute Gasteiger partial charge is 0.242 e. The highest BCUT2D eigenvalue weighted by molar-refractivity contribution is 7.89. The summed E-state index contributed by atoms with van der Waals surface area (Å²) in [5, 5.41) is 0. The molecule has 0 amide bonds. The van der Waals surface area contributed by atoms with Gasteiger partial charge in [-0.1, -0.05) is 0 Å². The van der Waals surface area contributed by atoms with Crippen LogP contribution in [0.5, 0.6) is 0 Å². The zero-order valence-corrected chi connectivity index (χ0v) is 12.5. The third-order valence-corrected chi connectivity index (χ3v) is 4.10. The SMILES string of the molecule is CC(C)OCCCCNS(=O)(=O)c1cc(F)ccc1N. The Labute approximate surface area is 119 Å². The molecule has 0 bridgehead atoms. The molecule has 0 atom stereocenters. The average Bonchev–Trinajstić information content (AvgIpc) is 2.36. The van der Waals surface area contributed by atoms with E-state index in [1.54, 1.807) is 0 Å². The molecule has 0 spiro atoms. The summed E-state index contributed by atoms with van der Waals surface area (Å²) in [6, 6.07) is 3.28. The van der Waals surface area contributed by atoms with Crippen LogP contribution in [-0.2, 0) is 14.8 Å². The molecule has 3 N–H and O–H groups in total. The predicted octanol–water partition coefficient (Wildman–Crippen LogP) is 1.89. The number of ether oxygens (including phenoxy) is 1. The second-order valence-electron chi connectivity index (χ2n) is 4.71. The maximum Gasteiger partial charge on any atom is 0.242 e. The van der Waals surface area contributed by atoms with E-state index in [1.807, 2.05) is 13.8 Å². The Hall–Kier alpha value is -1.18. The molecule has 20 heavy (non-hydrogen) atoms. The molecule has 0 saturated carbocycles. The summed E-state index contributed by atoms with van der Waals surface area (Å²) in [6.45, 7) is 4.73. The third kappa shape index (κ3) is 5.44. The molecular weight excluding hydrogens is 283 g/mol. The van der Waals surface area contributed by atoms with E-state index in [4.69, 9.17) is 10.5 Å². The van der Waals surface area contributed by atoms with Crippen LogP contribution in [0, 0.1) is 5.82 Å². The van der Waals surface area contributed by atoms with Crippen LogP contribution < -0.4 is 10.5 Å². The summed E-state index contributed by atoms with van der Waals surface area (Å²) in [5.74, 6) is -0.634. The molecule has 1 aromatic carbocycles. The minimum absolute atomic E-state index is 0.0297. The van der Waals surface area contributed by atoms with Crippen molar-refractivity contribution in [2.75, 3.05) is 18.9 Å². The van der Waals surface area contributed by atoms with Crippen molar-refractivity contribution in [1.82, 2.24) is 4.72 Å². The van der Waals surface area contributed by atoms with Gasteiger partial charge in [-0.25, -0.2) is 17.5 Å². The van der Waals surface area contributed by atoms with E-state index in [2.05, 4.69) is 4.72 Å². The number of nitrogens with one attached hydrogen (secondary N) is 1. The van der Waals surface area contributed by atoms with Crippen molar-refractivity contribution in [1.29, 1.82) is 0 Å². The molecule has 0 aliphatic carbocycles. The Morgan fingerprint density at radius 2 is 2.05 bits per heavy atom. The molecule has 114 valence electrons. The molecule has 0 fully saturated rings.